The summed E-state index contributed by atoms with van der Waals surface area (Å²) in [4.78, 5) is 30.4. The maximum Gasteiger partial charge on any atom is 0.271 e. The number of nitrogens with zero attached hydrogens (tertiary/aromatic N) is 2. The Bertz CT molecular complexity index is 1780. The molecule has 8 heteroatoms. The topological polar surface area (TPSA) is 93.0 Å². The second kappa shape index (κ2) is 9.79. The van der Waals surface area contributed by atoms with Crippen LogP contribution in [0.4, 0.5) is 0 Å². The number of benzene rings is 3. The molecular weight excluding hydrogens is 500 g/mol. The summed E-state index contributed by atoms with van der Waals surface area (Å²) in [6, 6.07) is 22.7. The molecule has 0 saturated heterocycles. The fourth-order valence-corrected chi connectivity index (χ4v) is 6.18. The molecule has 0 radical (unpaired) electrons. The van der Waals surface area contributed by atoms with E-state index < -0.39 is 12.6 Å². The second-order valence-electron chi connectivity index (χ2n) is 9.09. The van der Waals surface area contributed by atoms with Gasteiger partial charge in [-0.25, -0.2) is 4.99 Å². The van der Waals surface area contributed by atoms with Gasteiger partial charge < -0.3 is 19.4 Å². The largest absolute Gasteiger partial charge is 0.546 e. The molecule has 2 aliphatic rings. The number of rotatable bonds is 6. The van der Waals surface area contributed by atoms with Gasteiger partial charge in [0, 0.05) is 11.1 Å². The van der Waals surface area contributed by atoms with Gasteiger partial charge in [0.2, 0.25) is 0 Å². The highest BCUT2D eigenvalue weighted by molar-refractivity contribution is 7.07. The number of thiazole rings is 1. The number of aliphatic carboxylic acids is 1. The molecule has 3 aromatic carbocycles. The zero-order valence-electron chi connectivity index (χ0n) is 20.5. The van der Waals surface area contributed by atoms with Crippen molar-refractivity contribution in [3.63, 3.8) is 0 Å². The number of carboxylic acid groups (broad SMARTS) is 1. The summed E-state index contributed by atoms with van der Waals surface area (Å²) in [6.45, 7) is -0.544. The van der Waals surface area contributed by atoms with Crippen LogP contribution in [0, 0.1) is 0 Å². The average molecular weight is 524 g/mol. The second-order valence-corrected chi connectivity index (χ2v) is 10.1. The molecule has 2 heterocycles. The summed E-state index contributed by atoms with van der Waals surface area (Å²) in [5.74, 6) is -0.197. The van der Waals surface area contributed by atoms with Crippen molar-refractivity contribution in [2.75, 3.05) is 13.7 Å². The Kier molecular flexibility index (Phi) is 6.17. The van der Waals surface area contributed by atoms with Crippen LogP contribution in [-0.2, 0) is 11.2 Å². The van der Waals surface area contributed by atoms with Gasteiger partial charge in [-0.3, -0.25) is 9.36 Å². The monoisotopic (exact) mass is 523 g/mol. The van der Waals surface area contributed by atoms with E-state index in [2.05, 4.69) is 12.1 Å². The van der Waals surface area contributed by atoms with Crippen molar-refractivity contribution in [2.45, 2.75) is 18.9 Å². The minimum atomic E-state index is -1.30. The Balaban J connectivity index is 1.55. The number of hydrogen-bond acceptors (Lipinski definition) is 7. The number of allylic oxidation sites excluding steroid dienone is 1. The van der Waals surface area contributed by atoms with Crippen LogP contribution in [0.3, 0.4) is 0 Å². The van der Waals surface area contributed by atoms with E-state index in [-0.39, 0.29) is 11.6 Å². The Morgan fingerprint density at radius 1 is 1.11 bits per heavy atom. The number of aromatic nitrogens is 1. The number of carboxylic acids is 1. The lowest BCUT2D eigenvalue weighted by Crippen LogP contribution is -2.39. The van der Waals surface area contributed by atoms with E-state index in [9.17, 15) is 14.7 Å². The Morgan fingerprint density at radius 2 is 1.92 bits per heavy atom. The number of methoxy groups -OCH3 is 1. The summed E-state index contributed by atoms with van der Waals surface area (Å²) in [6.07, 6.45) is 3.45. The van der Waals surface area contributed by atoms with E-state index >= 15 is 0 Å². The van der Waals surface area contributed by atoms with Crippen LogP contribution in [0.5, 0.6) is 11.5 Å². The minimum Gasteiger partial charge on any atom is -0.546 e. The van der Waals surface area contributed by atoms with Crippen molar-refractivity contribution in [1.82, 2.24) is 4.57 Å². The lowest BCUT2D eigenvalue weighted by Gasteiger charge is -2.31. The Labute approximate surface area is 222 Å². The highest BCUT2D eigenvalue weighted by atomic mass is 32.1. The molecule has 0 saturated carbocycles. The van der Waals surface area contributed by atoms with Gasteiger partial charge in [-0.1, -0.05) is 65.9 Å². The highest BCUT2D eigenvalue weighted by Crippen LogP contribution is 2.43. The van der Waals surface area contributed by atoms with Gasteiger partial charge in [-0.15, -0.1) is 0 Å². The third-order valence-electron chi connectivity index (χ3n) is 6.82. The third kappa shape index (κ3) is 4.22. The van der Waals surface area contributed by atoms with Crippen molar-refractivity contribution in [3.05, 3.63) is 120 Å². The van der Waals surface area contributed by atoms with E-state index in [0.717, 1.165) is 41.0 Å². The third-order valence-corrected chi connectivity index (χ3v) is 7.80. The number of fused-ring (bicyclic) bond motifs is 3. The minimum absolute atomic E-state index is 0.142. The van der Waals surface area contributed by atoms with E-state index in [1.807, 2.05) is 42.5 Å². The van der Waals surface area contributed by atoms with Gasteiger partial charge in [-0.05, 0) is 53.8 Å². The number of aryl methyl sites for hydroxylation is 1. The molecule has 1 aromatic heterocycles. The number of carbonyl (C=O) groups is 1. The lowest BCUT2D eigenvalue weighted by molar-refractivity contribution is -0.307. The number of carbonyl (C=O) groups excluding carboxylic acids is 1. The fraction of sp³-hybridized carbons (Fsp3) is 0.167. The molecular formula is C30H23N2O5S-. The van der Waals surface area contributed by atoms with E-state index in [4.69, 9.17) is 14.5 Å². The van der Waals surface area contributed by atoms with Crippen molar-refractivity contribution >= 4 is 29.1 Å². The highest BCUT2D eigenvalue weighted by Gasteiger charge is 2.33. The summed E-state index contributed by atoms with van der Waals surface area (Å²) < 4.78 is 13.3. The smallest absolute Gasteiger partial charge is 0.271 e. The molecule has 0 amide bonds. The van der Waals surface area contributed by atoms with Gasteiger partial charge in [0.15, 0.2) is 4.80 Å². The molecule has 190 valence electrons. The zero-order valence-corrected chi connectivity index (χ0v) is 21.4. The molecule has 0 bridgehead atoms. The zero-order chi connectivity index (χ0) is 26.2. The van der Waals surface area contributed by atoms with Crippen LogP contribution >= 0.6 is 11.3 Å². The molecule has 7 nitrogen and oxygen atoms in total. The van der Waals surface area contributed by atoms with E-state index in [0.29, 0.717) is 20.6 Å². The molecule has 1 atom stereocenters. The molecule has 0 N–H and O–H groups in total. The predicted octanol–water partition coefficient (Wildman–Crippen LogP) is 2.46. The van der Waals surface area contributed by atoms with Crippen LogP contribution in [0.1, 0.15) is 34.7 Å². The SMILES string of the molecule is COc1ccccc1[C@@H]1C2=C(N=c3s/c(=C/c4cccc(OCC(=O)[O-])c4)c(=O)n31)c1ccccc1CC2. The van der Waals surface area contributed by atoms with E-state index in [1.165, 1.54) is 16.9 Å². The van der Waals surface area contributed by atoms with Crippen molar-refractivity contribution in [1.29, 1.82) is 0 Å². The van der Waals surface area contributed by atoms with Gasteiger partial charge in [-0.2, -0.15) is 0 Å². The van der Waals surface area contributed by atoms with Crippen LogP contribution in [0.2, 0.25) is 0 Å². The van der Waals surface area contributed by atoms with Crippen LogP contribution in [-0.4, -0.2) is 24.3 Å². The first-order valence-corrected chi connectivity index (χ1v) is 13.0. The van der Waals surface area contributed by atoms with E-state index in [1.54, 1.807) is 36.0 Å². The standard InChI is InChI=1S/C30H24N2O5S/c1-36-24-12-5-4-11-22(24)28-23-14-13-19-8-2-3-10-21(19)27(23)31-30-32(28)29(35)25(38-30)16-18-7-6-9-20(15-18)37-17-26(33)34/h2-12,15-16,28H,13-14,17H2,1H3,(H,33,34)/p-1/b25-16+/t28-/m1/s1. The first-order valence-electron chi connectivity index (χ1n) is 12.2. The molecule has 0 unspecified atom stereocenters. The summed E-state index contributed by atoms with van der Waals surface area (Å²) in [5.41, 5.74) is 5.87. The van der Waals surface area contributed by atoms with Gasteiger partial charge in [0.25, 0.3) is 5.56 Å². The maximum absolute atomic E-state index is 13.9. The summed E-state index contributed by atoms with van der Waals surface area (Å²) >= 11 is 1.33. The predicted molar refractivity (Wildman–Crippen MR) is 143 cm³/mol. The Hall–Kier alpha value is -4.43. The van der Waals surface area contributed by atoms with Gasteiger partial charge >= 0.3 is 0 Å². The number of hydrogen-bond donors (Lipinski definition) is 0. The number of ether oxygens (including phenoxy) is 2. The first-order chi connectivity index (χ1) is 18.5. The van der Waals surface area contributed by atoms with Crippen LogP contribution in [0.25, 0.3) is 11.8 Å². The number of para-hydroxylation sites is 1. The van der Waals surface area contributed by atoms with Gasteiger partial charge in [0.1, 0.15) is 18.1 Å². The van der Waals surface area contributed by atoms with Crippen LogP contribution < -0.4 is 29.5 Å². The van der Waals surface area contributed by atoms with Crippen molar-refractivity contribution in [2.24, 2.45) is 4.99 Å². The molecule has 1 aliphatic heterocycles. The summed E-state index contributed by atoms with van der Waals surface area (Å²) in [7, 11) is 1.64. The molecule has 0 fully saturated rings. The maximum atomic E-state index is 13.9. The van der Waals surface area contributed by atoms with Crippen molar-refractivity contribution < 1.29 is 19.4 Å². The quantitative estimate of drug-likeness (QED) is 0.387. The summed E-state index contributed by atoms with van der Waals surface area (Å²) in [5, 5.41) is 10.8. The molecule has 0 spiro atoms. The normalized spacial score (nSPS) is 16.2. The molecule has 1 aliphatic carbocycles. The Morgan fingerprint density at radius 3 is 2.76 bits per heavy atom. The molecule has 6 rings (SSSR count). The van der Waals surface area contributed by atoms with Crippen molar-refractivity contribution in [3.8, 4) is 11.5 Å². The lowest BCUT2D eigenvalue weighted by atomic mass is 9.83. The van der Waals surface area contributed by atoms with Crippen LogP contribution in [0.15, 0.2) is 88.2 Å². The first kappa shape index (κ1) is 23.9. The van der Waals surface area contributed by atoms with Gasteiger partial charge in [0.05, 0.1) is 29.4 Å². The molecule has 4 aromatic rings. The average Bonchev–Trinajstić information content (AvgIpc) is 3.25. The molecule has 38 heavy (non-hydrogen) atoms. The fourth-order valence-electron chi connectivity index (χ4n) is 5.18.